The van der Waals surface area contributed by atoms with E-state index in [0.29, 0.717) is 56.6 Å². The number of allylic oxidation sites excluding steroid dienone is 2. The maximum atomic E-state index is 14.9. The Hall–Kier alpha value is -2.55. The van der Waals surface area contributed by atoms with E-state index in [1.165, 1.54) is 12.1 Å². The molecular weight excluding hydrogens is 537 g/mol. The molecule has 40 heavy (non-hydrogen) atoms. The first-order chi connectivity index (χ1) is 19.0. The zero-order valence-corrected chi connectivity index (χ0v) is 22.5. The number of ether oxygens (including phenoxy) is 2. The molecule has 0 spiro atoms. The first-order valence-electron chi connectivity index (χ1n) is 14.0. The van der Waals surface area contributed by atoms with E-state index in [1.54, 1.807) is 0 Å². The van der Waals surface area contributed by atoms with Gasteiger partial charge in [-0.2, -0.15) is 17.6 Å². The van der Waals surface area contributed by atoms with Gasteiger partial charge < -0.3 is 9.47 Å². The van der Waals surface area contributed by atoms with Gasteiger partial charge in [-0.05, 0) is 101 Å². The molecule has 2 aromatic carbocycles. The summed E-state index contributed by atoms with van der Waals surface area (Å²) < 4.78 is 109. The third-order valence-electron chi connectivity index (χ3n) is 8.22. The molecule has 0 N–H and O–H groups in total. The fourth-order valence-corrected chi connectivity index (χ4v) is 5.87. The molecule has 0 heterocycles. The van der Waals surface area contributed by atoms with Crippen LogP contribution >= 0.6 is 0 Å². The van der Waals surface area contributed by atoms with Gasteiger partial charge in [-0.25, -0.2) is 13.2 Å². The molecule has 0 amide bonds. The predicted molar refractivity (Wildman–Crippen MR) is 138 cm³/mol. The molecule has 2 aliphatic carbocycles. The van der Waals surface area contributed by atoms with Crippen molar-refractivity contribution in [3.05, 3.63) is 77.1 Å². The number of alkyl halides is 4. The zero-order chi connectivity index (χ0) is 28.9. The SMILES string of the molecule is C/C=C/CCC1CCC(C(F)(F)OC2CCC(c3ccc(C(F)(F)Oc4cc(F)c(F)c(F)c4)cc3)CC2)CC1. The van der Waals surface area contributed by atoms with Crippen LogP contribution < -0.4 is 4.74 Å². The lowest BCUT2D eigenvalue weighted by atomic mass is 9.79. The quantitative estimate of drug-likeness (QED) is 0.160. The smallest absolute Gasteiger partial charge is 0.426 e. The van der Waals surface area contributed by atoms with Crippen molar-refractivity contribution in [2.45, 2.75) is 95.4 Å². The Balaban J connectivity index is 1.27. The van der Waals surface area contributed by atoms with Crippen LogP contribution in [0.4, 0.5) is 30.7 Å². The van der Waals surface area contributed by atoms with Crippen LogP contribution in [0.5, 0.6) is 5.75 Å². The van der Waals surface area contributed by atoms with E-state index >= 15 is 0 Å². The van der Waals surface area contributed by atoms with Gasteiger partial charge in [-0.1, -0.05) is 24.3 Å². The lowest BCUT2D eigenvalue weighted by Crippen LogP contribution is -2.39. The van der Waals surface area contributed by atoms with Crippen LogP contribution in [0, 0.1) is 29.3 Å². The van der Waals surface area contributed by atoms with E-state index in [0.717, 1.165) is 43.4 Å². The van der Waals surface area contributed by atoms with Gasteiger partial charge >= 0.3 is 12.2 Å². The minimum atomic E-state index is -3.92. The second-order valence-corrected chi connectivity index (χ2v) is 11.0. The van der Waals surface area contributed by atoms with Gasteiger partial charge in [-0.15, -0.1) is 0 Å². The molecule has 0 aromatic heterocycles. The van der Waals surface area contributed by atoms with Crippen LogP contribution in [0.3, 0.4) is 0 Å². The molecule has 0 aliphatic heterocycles. The Labute approximate surface area is 230 Å². The molecule has 0 saturated heterocycles. The number of hydrogen-bond acceptors (Lipinski definition) is 2. The fraction of sp³-hybridized carbons (Fsp3) is 0.548. The summed E-state index contributed by atoms with van der Waals surface area (Å²) in [5.74, 6) is -6.17. The minimum Gasteiger partial charge on any atom is -0.429 e. The predicted octanol–water partition coefficient (Wildman–Crippen LogP) is 10.0. The molecule has 2 fully saturated rings. The first-order valence-corrected chi connectivity index (χ1v) is 14.0. The van der Waals surface area contributed by atoms with E-state index in [1.807, 2.05) is 13.0 Å². The largest absolute Gasteiger partial charge is 0.429 e. The summed E-state index contributed by atoms with van der Waals surface area (Å²) in [5.41, 5.74) is 0.231. The maximum Gasteiger partial charge on any atom is 0.426 e. The molecule has 4 rings (SSSR count). The van der Waals surface area contributed by atoms with Crippen LogP contribution in [0.15, 0.2) is 48.6 Å². The monoisotopic (exact) mass is 572 g/mol. The lowest BCUT2D eigenvalue weighted by molar-refractivity contribution is -0.301. The zero-order valence-electron chi connectivity index (χ0n) is 22.5. The van der Waals surface area contributed by atoms with Gasteiger partial charge in [0.15, 0.2) is 17.5 Å². The molecule has 2 aliphatic rings. The molecular formula is C31H35F7O2. The molecule has 0 unspecified atom stereocenters. The lowest BCUT2D eigenvalue weighted by Gasteiger charge is -2.37. The van der Waals surface area contributed by atoms with Crippen LogP contribution in [0.25, 0.3) is 0 Å². The van der Waals surface area contributed by atoms with E-state index in [9.17, 15) is 30.7 Å². The number of halogens is 7. The highest BCUT2D eigenvalue weighted by molar-refractivity contribution is 5.30. The second kappa shape index (κ2) is 13.0. The van der Waals surface area contributed by atoms with Gasteiger partial charge in [0.1, 0.15) is 5.75 Å². The van der Waals surface area contributed by atoms with Crippen molar-refractivity contribution in [2.75, 3.05) is 0 Å². The summed E-state index contributed by atoms with van der Waals surface area (Å²) in [7, 11) is 0. The highest BCUT2D eigenvalue weighted by Crippen LogP contribution is 2.44. The summed E-state index contributed by atoms with van der Waals surface area (Å²) in [6.45, 7) is 1.98. The number of hydrogen-bond donors (Lipinski definition) is 0. The minimum absolute atomic E-state index is 0.00460. The molecule has 0 atom stereocenters. The third-order valence-corrected chi connectivity index (χ3v) is 8.22. The first kappa shape index (κ1) is 30.4. The second-order valence-electron chi connectivity index (χ2n) is 11.0. The van der Waals surface area contributed by atoms with Crippen molar-refractivity contribution in [2.24, 2.45) is 11.8 Å². The fourth-order valence-electron chi connectivity index (χ4n) is 5.87. The summed E-state index contributed by atoms with van der Waals surface area (Å²) in [6, 6.07) is 6.01. The summed E-state index contributed by atoms with van der Waals surface area (Å²) in [5, 5.41) is 0. The topological polar surface area (TPSA) is 18.5 Å². The van der Waals surface area contributed by atoms with Crippen molar-refractivity contribution in [3.8, 4) is 5.75 Å². The van der Waals surface area contributed by atoms with Crippen molar-refractivity contribution in [1.82, 2.24) is 0 Å². The highest BCUT2D eigenvalue weighted by Gasteiger charge is 2.45. The standard InChI is InChI=1S/C31H35F7O2/c1-2-3-4-5-20-6-12-23(13-7-20)30(35,36)39-25-16-10-22(11-17-25)21-8-14-24(15-9-21)31(37,38)40-26-18-27(32)29(34)28(33)19-26/h2-3,8-9,14-15,18-20,22-23,25H,4-7,10-13,16-17H2,1H3/b3-2+. The average molecular weight is 573 g/mol. The van der Waals surface area contributed by atoms with Crippen LogP contribution in [0.1, 0.15) is 88.2 Å². The highest BCUT2D eigenvalue weighted by atomic mass is 19.3. The summed E-state index contributed by atoms with van der Waals surface area (Å²) in [4.78, 5) is 0. The van der Waals surface area contributed by atoms with Crippen molar-refractivity contribution >= 4 is 0 Å². The molecule has 2 saturated carbocycles. The number of benzene rings is 2. The number of rotatable bonds is 10. The summed E-state index contributed by atoms with van der Waals surface area (Å²) in [6.07, 6.45) is 3.10. The Morgan fingerprint density at radius 3 is 2.00 bits per heavy atom. The van der Waals surface area contributed by atoms with Gasteiger partial charge in [0.2, 0.25) is 0 Å². The van der Waals surface area contributed by atoms with Gasteiger partial charge in [-0.3, -0.25) is 0 Å². The van der Waals surface area contributed by atoms with Crippen molar-refractivity contribution in [3.63, 3.8) is 0 Å². The van der Waals surface area contributed by atoms with Gasteiger partial charge in [0.05, 0.1) is 17.6 Å². The third kappa shape index (κ3) is 7.59. The molecule has 2 nitrogen and oxygen atoms in total. The molecule has 2 aromatic rings. The maximum absolute atomic E-state index is 14.9. The molecule has 220 valence electrons. The van der Waals surface area contributed by atoms with Crippen LogP contribution in [-0.4, -0.2) is 12.2 Å². The van der Waals surface area contributed by atoms with E-state index in [-0.39, 0.29) is 5.92 Å². The molecule has 0 radical (unpaired) electrons. The summed E-state index contributed by atoms with van der Waals surface area (Å²) >= 11 is 0. The normalized spacial score (nSPS) is 24.4. The van der Waals surface area contributed by atoms with Crippen LogP contribution in [0.2, 0.25) is 0 Å². The Morgan fingerprint density at radius 1 is 0.825 bits per heavy atom. The molecule has 9 heteroatoms. The van der Waals surface area contributed by atoms with Crippen molar-refractivity contribution < 1.29 is 40.2 Å². The van der Waals surface area contributed by atoms with Gasteiger partial charge in [0, 0.05) is 12.1 Å². The van der Waals surface area contributed by atoms with E-state index in [4.69, 9.17) is 4.74 Å². The average Bonchev–Trinajstić information content (AvgIpc) is 2.92. The van der Waals surface area contributed by atoms with Crippen LogP contribution in [-0.2, 0) is 10.8 Å². The Bertz CT molecular complexity index is 1110. The Morgan fingerprint density at radius 2 is 1.43 bits per heavy atom. The van der Waals surface area contributed by atoms with Gasteiger partial charge in [0.25, 0.3) is 0 Å². The molecule has 0 bridgehead atoms. The Kier molecular flexibility index (Phi) is 9.85. The van der Waals surface area contributed by atoms with E-state index in [2.05, 4.69) is 10.8 Å². The van der Waals surface area contributed by atoms with Crippen molar-refractivity contribution in [1.29, 1.82) is 0 Å². The van der Waals surface area contributed by atoms with E-state index < -0.39 is 53.0 Å².